The SMILES string of the molecule is Cc1ccc(C(C)C)c(OCC(=O)N=Nc2c(O)n(CN3CCN(C)CC3)c3ccccc23)c1. The molecule has 1 fully saturated rings. The van der Waals surface area contributed by atoms with Crippen molar-refractivity contribution in [3.8, 4) is 11.6 Å². The third-order valence-corrected chi connectivity index (χ3v) is 6.26. The lowest BCUT2D eigenvalue weighted by atomic mass is 10.0. The van der Waals surface area contributed by atoms with E-state index < -0.39 is 5.91 Å². The lowest BCUT2D eigenvalue weighted by Crippen LogP contribution is -2.44. The number of ether oxygens (including phenoxy) is 1. The summed E-state index contributed by atoms with van der Waals surface area (Å²) >= 11 is 0. The zero-order valence-electron chi connectivity index (χ0n) is 20.4. The van der Waals surface area contributed by atoms with E-state index in [1.807, 2.05) is 54.0 Å². The molecule has 8 heteroatoms. The highest BCUT2D eigenvalue weighted by molar-refractivity contribution is 5.95. The maximum atomic E-state index is 12.5. The molecule has 34 heavy (non-hydrogen) atoms. The smallest absolute Gasteiger partial charge is 0.302 e. The van der Waals surface area contributed by atoms with Gasteiger partial charge in [0.2, 0.25) is 5.88 Å². The van der Waals surface area contributed by atoms with Crippen molar-refractivity contribution < 1.29 is 14.6 Å². The number of azo groups is 1. The van der Waals surface area contributed by atoms with Crippen LogP contribution in [0.5, 0.6) is 11.6 Å². The molecule has 0 aliphatic carbocycles. The molecule has 1 amide bonds. The normalized spacial score (nSPS) is 15.6. The highest BCUT2D eigenvalue weighted by Crippen LogP contribution is 2.39. The van der Waals surface area contributed by atoms with Crippen LogP contribution in [0.2, 0.25) is 0 Å². The second-order valence-electron chi connectivity index (χ2n) is 9.26. The summed E-state index contributed by atoms with van der Waals surface area (Å²) in [5, 5.41) is 19.7. The number of piperazine rings is 1. The van der Waals surface area contributed by atoms with E-state index in [2.05, 4.69) is 40.9 Å². The van der Waals surface area contributed by atoms with E-state index in [1.54, 1.807) is 0 Å². The zero-order chi connectivity index (χ0) is 24.2. The molecular weight excluding hydrogens is 430 g/mol. The fraction of sp³-hybridized carbons (Fsp3) is 0.423. The van der Waals surface area contributed by atoms with Crippen molar-refractivity contribution in [2.45, 2.75) is 33.4 Å². The number of hydrogen-bond donors (Lipinski definition) is 1. The number of aromatic hydroxyl groups is 1. The number of benzene rings is 2. The number of rotatable bonds is 7. The summed E-state index contributed by atoms with van der Waals surface area (Å²) in [7, 11) is 2.11. The first-order chi connectivity index (χ1) is 16.3. The number of hydrogen-bond acceptors (Lipinski definition) is 6. The summed E-state index contributed by atoms with van der Waals surface area (Å²) in [6.45, 7) is 10.3. The number of fused-ring (bicyclic) bond motifs is 1. The van der Waals surface area contributed by atoms with Gasteiger partial charge in [0.25, 0.3) is 0 Å². The zero-order valence-corrected chi connectivity index (χ0v) is 20.4. The molecule has 1 aliphatic heterocycles. The van der Waals surface area contributed by atoms with Crippen LogP contribution < -0.4 is 4.74 Å². The van der Waals surface area contributed by atoms with Gasteiger partial charge >= 0.3 is 5.91 Å². The van der Waals surface area contributed by atoms with Crippen LogP contribution in [0.4, 0.5) is 5.69 Å². The maximum Gasteiger partial charge on any atom is 0.302 e. The molecular formula is C26H33N5O3. The second kappa shape index (κ2) is 10.4. The van der Waals surface area contributed by atoms with E-state index >= 15 is 0 Å². The second-order valence-corrected chi connectivity index (χ2v) is 9.26. The van der Waals surface area contributed by atoms with Gasteiger partial charge in [0.15, 0.2) is 12.3 Å². The molecule has 2 heterocycles. The Morgan fingerprint density at radius 3 is 2.59 bits per heavy atom. The average molecular weight is 464 g/mol. The van der Waals surface area contributed by atoms with Gasteiger partial charge in [-0.25, -0.2) is 0 Å². The van der Waals surface area contributed by atoms with E-state index in [1.165, 1.54) is 0 Å². The first-order valence-electron chi connectivity index (χ1n) is 11.7. The van der Waals surface area contributed by atoms with Crippen molar-refractivity contribution in [1.82, 2.24) is 14.4 Å². The van der Waals surface area contributed by atoms with E-state index in [4.69, 9.17) is 4.74 Å². The molecule has 3 aromatic rings. The van der Waals surface area contributed by atoms with E-state index in [9.17, 15) is 9.90 Å². The van der Waals surface area contributed by atoms with Gasteiger partial charge < -0.3 is 14.7 Å². The third-order valence-electron chi connectivity index (χ3n) is 6.26. The average Bonchev–Trinajstić information content (AvgIpc) is 3.08. The monoisotopic (exact) mass is 463 g/mol. The number of nitrogens with zero attached hydrogens (tertiary/aromatic N) is 5. The summed E-state index contributed by atoms with van der Waals surface area (Å²) in [6, 6.07) is 13.6. The predicted octanol–water partition coefficient (Wildman–Crippen LogP) is 4.67. The van der Waals surface area contributed by atoms with Gasteiger partial charge in [0.1, 0.15) is 5.75 Å². The first-order valence-corrected chi connectivity index (χ1v) is 11.7. The van der Waals surface area contributed by atoms with E-state index in [0.717, 1.165) is 48.2 Å². The van der Waals surface area contributed by atoms with Gasteiger partial charge in [-0.3, -0.25) is 14.3 Å². The molecule has 0 spiro atoms. The van der Waals surface area contributed by atoms with Crippen molar-refractivity contribution >= 4 is 22.5 Å². The molecule has 1 aromatic heterocycles. The standard InChI is InChI=1S/C26H33N5O3/c1-18(2)20-10-9-19(3)15-23(20)34-16-24(32)27-28-25-21-7-5-6-8-22(21)31(26(25)33)17-30-13-11-29(4)12-14-30/h5-10,15,18,33H,11-14,16-17H2,1-4H3. The highest BCUT2D eigenvalue weighted by atomic mass is 16.5. The number of carbonyl (C=O) groups is 1. The van der Waals surface area contributed by atoms with Crippen molar-refractivity contribution in [2.24, 2.45) is 10.2 Å². The van der Waals surface area contributed by atoms with Crippen LogP contribution in [0.25, 0.3) is 10.9 Å². The molecule has 0 radical (unpaired) electrons. The van der Waals surface area contributed by atoms with Crippen LogP contribution in [-0.4, -0.2) is 65.2 Å². The Morgan fingerprint density at radius 1 is 1.12 bits per heavy atom. The largest absolute Gasteiger partial charge is 0.493 e. The minimum atomic E-state index is -0.508. The Bertz CT molecular complexity index is 1190. The van der Waals surface area contributed by atoms with Crippen LogP contribution in [0.15, 0.2) is 52.7 Å². The summed E-state index contributed by atoms with van der Waals surface area (Å²) < 4.78 is 7.61. The van der Waals surface area contributed by atoms with Gasteiger partial charge in [-0.2, -0.15) is 0 Å². The number of carbonyl (C=O) groups excluding carboxylic acids is 1. The number of aryl methyl sites for hydroxylation is 1. The van der Waals surface area contributed by atoms with Crippen molar-refractivity contribution in [3.05, 3.63) is 53.6 Å². The lowest BCUT2D eigenvalue weighted by Gasteiger charge is -2.32. The minimum absolute atomic E-state index is 0.0124. The molecule has 0 bridgehead atoms. The van der Waals surface area contributed by atoms with Gasteiger partial charge in [0.05, 0.1) is 12.2 Å². The minimum Gasteiger partial charge on any atom is -0.493 e. The van der Waals surface area contributed by atoms with E-state index in [0.29, 0.717) is 18.1 Å². The van der Waals surface area contributed by atoms with Crippen molar-refractivity contribution in [1.29, 1.82) is 0 Å². The summed E-state index contributed by atoms with van der Waals surface area (Å²) in [4.78, 5) is 17.1. The Morgan fingerprint density at radius 2 is 1.85 bits per heavy atom. The van der Waals surface area contributed by atoms with Crippen LogP contribution >= 0.6 is 0 Å². The molecule has 8 nitrogen and oxygen atoms in total. The molecule has 180 valence electrons. The van der Waals surface area contributed by atoms with Crippen LogP contribution in [0.1, 0.15) is 30.9 Å². The Kier molecular flexibility index (Phi) is 7.29. The molecule has 0 unspecified atom stereocenters. The lowest BCUT2D eigenvalue weighted by molar-refractivity contribution is -0.120. The van der Waals surface area contributed by atoms with Crippen LogP contribution in [0.3, 0.4) is 0 Å². The van der Waals surface area contributed by atoms with Gasteiger partial charge in [0, 0.05) is 31.6 Å². The molecule has 0 atom stereocenters. The fourth-order valence-electron chi connectivity index (χ4n) is 4.22. The fourth-order valence-corrected chi connectivity index (χ4v) is 4.22. The van der Waals surface area contributed by atoms with Gasteiger partial charge in [-0.05, 0) is 43.1 Å². The summed E-state index contributed by atoms with van der Waals surface area (Å²) in [5.41, 5.74) is 3.26. The maximum absolute atomic E-state index is 12.5. The van der Waals surface area contributed by atoms with Crippen molar-refractivity contribution in [3.63, 3.8) is 0 Å². The molecule has 4 rings (SSSR count). The first kappa shape index (κ1) is 23.9. The Balaban J connectivity index is 1.51. The Hall–Kier alpha value is -3.23. The van der Waals surface area contributed by atoms with Gasteiger partial charge in [-0.1, -0.05) is 44.2 Å². The molecule has 1 aliphatic rings. The van der Waals surface area contributed by atoms with Crippen LogP contribution in [0, 0.1) is 6.92 Å². The Labute approximate surface area is 200 Å². The highest BCUT2D eigenvalue weighted by Gasteiger charge is 2.21. The molecule has 1 saturated heterocycles. The van der Waals surface area contributed by atoms with Gasteiger partial charge in [-0.15, -0.1) is 10.2 Å². The van der Waals surface area contributed by atoms with E-state index in [-0.39, 0.29) is 18.4 Å². The predicted molar refractivity (Wildman–Crippen MR) is 133 cm³/mol. The molecule has 2 aromatic carbocycles. The topological polar surface area (TPSA) is 82.7 Å². The molecule has 1 N–H and O–H groups in total. The number of likely N-dealkylation sites (N-methyl/N-ethyl adjacent to an activating group) is 1. The third kappa shape index (κ3) is 5.29. The number of para-hydroxylation sites is 1. The molecule has 0 saturated carbocycles. The van der Waals surface area contributed by atoms with Crippen molar-refractivity contribution in [2.75, 3.05) is 39.8 Å². The quantitative estimate of drug-likeness (QED) is 0.515. The summed E-state index contributed by atoms with van der Waals surface area (Å²) in [5.74, 6) is 0.464. The summed E-state index contributed by atoms with van der Waals surface area (Å²) in [6.07, 6.45) is 0. The number of aromatic nitrogens is 1. The number of amides is 1. The van der Waals surface area contributed by atoms with Crippen LogP contribution in [-0.2, 0) is 11.5 Å².